The Balaban J connectivity index is 2.15. The van der Waals surface area contributed by atoms with Gasteiger partial charge < -0.3 is 0 Å². The van der Waals surface area contributed by atoms with Crippen LogP contribution in [0.2, 0.25) is 0 Å². The summed E-state index contributed by atoms with van der Waals surface area (Å²) in [5.74, 6) is 1.25. The molecule has 1 fully saturated rings. The Hall–Kier alpha value is -0.970. The first kappa shape index (κ1) is 14.4. The van der Waals surface area contributed by atoms with Crippen molar-refractivity contribution in [2.45, 2.75) is 36.8 Å². The highest BCUT2D eigenvalue weighted by atomic mass is 32.2. The fraction of sp³-hybridized carbons (Fsp3) is 0.500. The zero-order valence-corrected chi connectivity index (χ0v) is 11.2. The van der Waals surface area contributed by atoms with Crippen molar-refractivity contribution in [3.05, 3.63) is 29.3 Å². The van der Waals surface area contributed by atoms with E-state index >= 15 is 0 Å². The minimum Gasteiger partial charge on any atom is -0.298 e. The summed E-state index contributed by atoms with van der Waals surface area (Å²) in [7, 11) is 0. The monoisotopic (exact) mass is 288 g/mol. The van der Waals surface area contributed by atoms with E-state index in [1.807, 2.05) is 0 Å². The Labute approximate surface area is 114 Å². The predicted octanol–water partition coefficient (Wildman–Crippen LogP) is 4.80. The quantitative estimate of drug-likeness (QED) is 0.584. The molecule has 104 valence electrons. The van der Waals surface area contributed by atoms with Crippen LogP contribution in [0.15, 0.2) is 23.1 Å². The van der Waals surface area contributed by atoms with Crippen LogP contribution >= 0.6 is 11.8 Å². The number of thioether (sulfide) groups is 1. The van der Waals surface area contributed by atoms with E-state index in [9.17, 15) is 18.0 Å². The summed E-state index contributed by atoms with van der Waals surface area (Å²) >= 11 is 1.25. The van der Waals surface area contributed by atoms with Gasteiger partial charge in [0.05, 0.1) is 5.56 Å². The van der Waals surface area contributed by atoms with Gasteiger partial charge in [-0.2, -0.15) is 13.2 Å². The zero-order chi connectivity index (χ0) is 13.9. The van der Waals surface area contributed by atoms with Gasteiger partial charge >= 0.3 is 6.18 Å². The maximum absolute atomic E-state index is 12.9. The molecule has 0 heterocycles. The van der Waals surface area contributed by atoms with Crippen LogP contribution in [0.25, 0.3) is 0 Å². The minimum atomic E-state index is -4.41. The Morgan fingerprint density at radius 2 is 1.95 bits per heavy atom. The molecule has 1 aliphatic carbocycles. The van der Waals surface area contributed by atoms with Gasteiger partial charge in [-0.05, 0) is 30.9 Å². The predicted molar refractivity (Wildman–Crippen MR) is 69.5 cm³/mol. The van der Waals surface area contributed by atoms with Crippen LogP contribution in [0.5, 0.6) is 0 Å². The first-order valence-electron chi connectivity index (χ1n) is 6.30. The summed E-state index contributed by atoms with van der Waals surface area (Å²) in [6.07, 6.45) is 0.627. The van der Waals surface area contributed by atoms with E-state index in [1.54, 1.807) is 0 Å². The Kier molecular flexibility index (Phi) is 4.55. The number of benzene rings is 1. The Morgan fingerprint density at radius 3 is 2.53 bits per heavy atom. The van der Waals surface area contributed by atoms with Gasteiger partial charge in [0.2, 0.25) is 0 Å². The molecule has 1 nitrogen and oxygen atoms in total. The smallest absolute Gasteiger partial charge is 0.298 e. The average Bonchev–Trinajstić information content (AvgIpc) is 2.88. The van der Waals surface area contributed by atoms with Crippen molar-refractivity contribution in [2.75, 3.05) is 5.75 Å². The van der Waals surface area contributed by atoms with Crippen LogP contribution in [-0.4, -0.2) is 12.0 Å². The fourth-order valence-electron chi connectivity index (χ4n) is 2.35. The van der Waals surface area contributed by atoms with Crippen LogP contribution in [0.1, 0.15) is 41.6 Å². The third kappa shape index (κ3) is 3.75. The van der Waals surface area contributed by atoms with Gasteiger partial charge in [-0.1, -0.05) is 18.9 Å². The van der Waals surface area contributed by atoms with E-state index in [0.717, 1.165) is 24.7 Å². The third-order valence-electron chi connectivity index (χ3n) is 3.39. The van der Waals surface area contributed by atoms with Crippen molar-refractivity contribution < 1.29 is 18.0 Å². The molecule has 0 radical (unpaired) electrons. The number of carbonyl (C=O) groups is 1. The molecule has 0 aromatic heterocycles. The number of rotatable bonds is 4. The maximum atomic E-state index is 12.9. The van der Waals surface area contributed by atoms with Gasteiger partial charge in [-0.25, -0.2) is 0 Å². The van der Waals surface area contributed by atoms with Crippen LogP contribution in [0.4, 0.5) is 13.2 Å². The molecule has 0 spiro atoms. The summed E-state index contributed by atoms with van der Waals surface area (Å²) in [6, 6.07) is 3.79. The van der Waals surface area contributed by atoms with E-state index in [-0.39, 0.29) is 10.5 Å². The Bertz CT molecular complexity index is 450. The average molecular weight is 288 g/mol. The highest BCUT2D eigenvalue weighted by Crippen LogP contribution is 2.39. The molecular weight excluding hydrogens is 273 g/mol. The summed E-state index contributed by atoms with van der Waals surface area (Å²) in [5.41, 5.74) is -0.627. The van der Waals surface area contributed by atoms with Gasteiger partial charge in [-0.3, -0.25) is 4.79 Å². The first-order valence-corrected chi connectivity index (χ1v) is 7.28. The van der Waals surface area contributed by atoms with Crippen LogP contribution < -0.4 is 0 Å². The van der Waals surface area contributed by atoms with Crippen molar-refractivity contribution in [2.24, 2.45) is 5.92 Å². The standard InChI is InChI=1S/C14H15F3OS/c15-14(16,17)12-7-11(8-18)5-6-13(12)19-9-10-3-1-2-4-10/h5-8,10H,1-4,9H2. The van der Waals surface area contributed by atoms with Gasteiger partial charge in [0, 0.05) is 16.2 Å². The van der Waals surface area contributed by atoms with Gasteiger partial charge in [-0.15, -0.1) is 11.8 Å². The lowest BCUT2D eigenvalue weighted by Crippen LogP contribution is -2.08. The highest BCUT2D eigenvalue weighted by Gasteiger charge is 2.34. The highest BCUT2D eigenvalue weighted by molar-refractivity contribution is 7.99. The lowest BCUT2D eigenvalue weighted by Gasteiger charge is -2.14. The van der Waals surface area contributed by atoms with Crippen LogP contribution in [-0.2, 0) is 6.18 Å². The largest absolute Gasteiger partial charge is 0.417 e. The Morgan fingerprint density at radius 1 is 1.26 bits per heavy atom. The second-order valence-electron chi connectivity index (χ2n) is 4.83. The molecule has 19 heavy (non-hydrogen) atoms. The molecule has 0 bridgehead atoms. The molecule has 5 heteroatoms. The molecule has 0 unspecified atom stereocenters. The SMILES string of the molecule is O=Cc1ccc(SCC2CCCC2)c(C(F)(F)F)c1. The van der Waals surface area contributed by atoms with Crippen LogP contribution in [0.3, 0.4) is 0 Å². The summed E-state index contributed by atoms with van der Waals surface area (Å²) < 4.78 is 38.8. The molecular formula is C14H15F3OS. The van der Waals surface area contributed by atoms with Crippen molar-refractivity contribution in [3.8, 4) is 0 Å². The second kappa shape index (κ2) is 5.99. The molecule has 0 atom stereocenters. The van der Waals surface area contributed by atoms with Gasteiger partial charge in [0.25, 0.3) is 0 Å². The molecule has 0 N–H and O–H groups in total. The van der Waals surface area contributed by atoms with Gasteiger partial charge in [0.1, 0.15) is 6.29 Å². The van der Waals surface area contributed by atoms with Crippen molar-refractivity contribution in [1.82, 2.24) is 0 Å². The number of hydrogen-bond acceptors (Lipinski definition) is 2. The number of halogens is 3. The fourth-order valence-corrected chi connectivity index (χ4v) is 3.60. The third-order valence-corrected chi connectivity index (χ3v) is 4.70. The maximum Gasteiger partial charge on any atom is 0.417 e. The number of carbonyl (C=O) groups excluding carboxylic acids is 1. The molecule has 0 saturated heterocycles. The van der Waals surface area contributed by atoms with Crippen molar-refractivity contribution in [1.29, 1.82) is 0 Å². The number of alkyl halides is 3. The molecule has 1 saturated carbocycles. The van der Waals surface area contributed by atoms with E-state index in [0.29, 0.717) is 12.2 Å². The molecule has 0 aliphatic heterocycles. The number of hydrogen-bond donors (Lipinski definition) is 0. The van der Waals surface area contributed by atoms with Crippen LogP contribution in [0, 0.1) is 5.92 Å². The zero-order valence-electron chi connectivity index (χ0n) is 10.4. The second-order valence-corrected chi connectivity index (χ2v) is 5.89. The van der Waals surface area contributed by atoms with Crippen molar-refractivity contribution >= 4 is 18.0 Å². The van der Waals surface area contributed by atoms with E-state index in [4.69, 9.17) is 0 Å². The minimum absolute atomic E-state index is 0.0672. The molecule has 1 aromatic rings. The number of aldehydes is 1. The first-order chi connectivity index (χ1) is 9.00. The van der Waals surface area contributed by atoms with E-state index in [1.165, 1.54) is 36.7 Å². The molecule has 1 aliphatic rings. The lowest BCUT2D eigenvalue weighted by atomic mass is 10.1. The van der Waals surface area contributed by atoms with Gasteiger partial charge in [0.15, 0.2) is 0 Å². The summed E-state index contributed by atoms with van der Waals surface area (Å²) in [6.45, 7) is 0. The van der Waals surface area contributed by atoms with E-state index in [2.05, 4.69) is 0 Å². The topological polar surface area (TPSA) is 17.1 Å². The molecule has 0 amide bonds. The molecule has 1 aromatic carbocycles. The lowest BCUT2D eigenvalue weighted by molar-refractivity contribution is -0.139. The summed E-state index contributed by atoms with van der Waals surface area (Å²) in [5, 5.41) is 0. The van der Waals surface area contributed by atoms with Crippen molar-refractivity contribution in [3.63, 3.8) is 0 Å². The molecule has 2 rings (SSSR count). The van der Waals surface area contributed by atoms with E-state index < -0.39 is 11.7 Å². The normalized spacial score (nSPS) is 16.8. The summed E-state index contributed by atoms with van der Waals surface area (Å²) in [4.78, 5) is 10.8.